The van der Waals surface area contributed by atoms with Gasteiger partial charge in [-0.25, -0.2) is 0 Å². The van der Waals surface area contributed by atoms with Gasteiger partial charge in [-0.1, -0.05) is 24.3 Å². The van der Waals surface area contributed by atoms with Crippen LogP contribution in [0.25, 0.3) is 10.9 Å². The molecule has 3 rings (SSSR count). The highest BCUT2D eigenvalue weighted by Crippen LogP contribution is 2.17. The lowest BCUT2D eigenvalue weighted by Gasteiger charge is -2.05. The Balaban J connectivity index is 1.60. The number of aromatic nitrogens is 1. The van der Waals surface area contributed by atoms with Crippen LogP contribution in [-0.2, 0) is 6.42 Å². The number of aromatic amines is 1. The summed E-state index contributed by atoms with van der Waals surface area (Å²) < 4.78 is 0. The molecule has 106 valence electrons. The Labute approximate surface area is 124 Å². The Bertz CT molecular complexity index is 759. The molecular formula is C18H18N2O. The average Bonchev–Trinajstić information content (AvgIpc) is 2.87. The van der Waals surface area contributed by atoms with Crippen LogP contribution < -0.4 is 5.32 Å². The largest absolute Gasteiger partial charge is 0.359 e. The van der Waals surface area contributed by atoms with Crippen molar-refractivity contribution in [2.24, 2.45) is 0 Å². The molecule has 0 unspecified atom stereocenters. The first-order valence-electron chi connectivity index (χ1n) is 7.14. The lowest BCUT2D eigenvalue weighted by Crippen LogP contribution is -2.25. The highest BCUT2D eigenvalue weighted by atomic mass is 16.1. The van der Waals surface area contributed by atoms with Crippen molar-refractivity contribution >= 4 is 16.8 Å². The monoisotopic (exact) mass is 278 g/mol. The summed E-state index contributed by atoms with van der Waals surface area (Å²) >= 11 is 0. The highest BCUT2D eigenvalue weighted by Gasteiger charge is 2.04. The number of hydrogen-bond donors (Lipinski definition) is 2. The van der Waals surface area contributed by atoms with E-state index in [1.807, 2.05) is 30.3 Å². The smallest absolute Gasteiger partial charge is 0.251 e. The summed E-state index contributed by atoms with van der Waals surface area (Å²) in [5.74, 6) is -0.0193. The molecule has 21 heavy (non-hydrogen) atoms. The molecule has 0 aliphatic heterocycles. The topological polar surface area (TPSA) is 44.9 Å². The van der Waals surface area contributed by atoms with E-state index in [1.165, 1.54) is 16.6 Å². The minimum Gasteiger partial charge on any atom is -0.359 e. The molecule has 0 aliphatic carbocycles. The van der Waals surface area contributed by atoms with Crippen LogP contribution in [0.2, 0.25) is 0 Å². The summed E-state index contributed by atoms with van der Waals surface area (Å²) in [6, 6.07) is 17.8. The van der Waals surface area contributed by atoms with E-state index in [1.54, 1.807) is 0 Å². The Morgan fingerprint density at radius 2 is 1.90 bits per heavy atom. The first-order valence-corrected chi connectivity index (χ1v) is 7.14. The number of carbonyl (C=O) groups excluding carboxylic acids is 1. The molecule has 3 heteroatoms. The van der Waals surface area contributed by atoms with Crippen molar-refractivity contribution in [2.75, 3.05) is 6.54 Å². The van der Waals surface area contributed by atoms with Gasteiger partial charge < -0.3 is 10.3 Å². The number of rotatable bonds is 4. The Morgan fingerprint density at radius 3 is 2.71 bits per heavy atom. The second-order valence-corrected chi connectivity index (χ2v) is 5.25. The van der Waals surface area contributed by atoms with E-state index in [0.717, 1.165) is 11.9 Å². The van der Waals surface area contributed by atoms with Gasteiger partial charge in [0.2, 0.25) is 0 Å². The van der Waals surface area contributed by atoms with Gasteiger partial charge in [-0.3, -0.25) is 4.79 Å². The van der Waals surface area contributed by atoms with Crippen LogP contribution >= 0.6 is 0 Å². The van der Waals surface area contributed by atoms with Crippen molar-refractivity contribution in [3.63, 3.8) is 0 Å². The third-order valence-electron chi connectivity index (χ3n) is 3.56. The predicted molar refractivity (Wildman–Crippen MR) is 85.5 cm³/mol. The SMILES string of the molecule is Cc1cc2cc(CCNC(=O)c3ccccc3)ccc2[nH]1. The van der Waals surface area contributed by atoms with E-state index in [2.05, 4.69) is 41.5 Å². The molecule has 0 radical (unpaired) electrons. The first kappa shape index (κ1) is 13.4. The molecule has 0 atom stereocenters. The number of benzene rings is 2. The third-order valence-corrected chi connectivity index (χ3v) is 3.56. The van der Waals surface area contributed by atoms with Crippen LogP contribution in [0.5, 0.6) is 0 Å². The van der Waals surface area contributed by atoms with Gasteiger partial charge in [-0.2, -0.15) is 0 Å². The third kappa shape index (κ3) is 3.14. The highest BCUT2D eigenvalue weighted by molar-refractivity contribution is 5.94. The van der Waals surface area contributed by atoms with E-state index in [4.69, 9.17) is 0 Å². The van der Waals surface area contributed by atoms with Crippen molar-refractivity contribution in [2.45, 2.75) is 13.3 Å². The predicted octanol–water partition coefficient (Wildman–Crippen LogP) is 3.45. The van der Waals surface area contributed by atoms with Gasteiger partial charge in [0.15, 0.2) is 0 Å². The van der Waals surface area contributed by atoms with Crippen LogP contribution in [-0.4, -0.2) is 17.4 Å². The fourth-order valence-corrected chi connectivity index (χ4v) is 2.49. The van der Waals surface area contributed by atoms with Gasteiger partial charge in [0.1, 0.15) is 0 Å². The van der Waals surface area contributed by atoms with Crippen LogP contribution in [0.1, 0.15) is 21.6 Å². The van der Waals surface area contributed by atoms with E-state index >= 15 is 0 Å². The molecule has 0 saturated heterocycles. The molecule has 2 N–H and O–H groups in total. The summed E-state index contributed by atoms with van der Waals surface area (Å²) in [4.78, 5) is 15.2. The van der Waals surface area contributed by atoms with E-state index < -0.39 is 0 Å². The van der Waals surface area contributed by atoms with Gasteiger partial charge in [-0.15, -0.1) is 0 Å². The normalized spacial score (nSPS) is 10.7. The van der Waals surface area contributed by atoms with E-state index in [9.17, 15) is 4.79 Å². The molecule has 1 aromatic heterocycles. The number of carbonyl (C=O) groups is 1. The molecule has 3 nitrogen and oxygen atoms in total. The summed E-state index contributed by atoms with van der Waals surface area (Å²) in [5.41, 5.74) is 4.26. The van der Waals surface area contributed by atoms with Crippen LogP contribution in [0, 0.1) is 6.92 Å². The second kappa shape index (κ2) is 5.83. The maximum Gasteiger partial charge on any atom is 0.251 e. The number of H-pyrrole nitrogens is 1. The van der Waals surface area contributed by atoms with Crippen LogP contribution in [0.4, 0.5) is 0 Å². The Hall–Kier alpha value is -2.55. The van der Waals surface area contributed by atoms with Crippen molar-refractivity contribution in [1.29, 1.82) is 0 Å². The van der Waals surface area contributed by atoms with Gasteiger partial charge >= 0.3 is 0 Å². The molecule has 1 amide bonds. The first-order chi connectivity index (χ1) is 10.2. The van der Waals surface area contributed by atoms with Gasteiger partial charge in [0, 0.05) is 23.3 Å². The molecule has 0 spiro atoms. The molecule has 0 bridgehead atoms. The number of fused-ring (bicyclic) bond motifs is 1. The molecular weight excluding hydrogens is 260 g/mol. The molecule has 0 saturated carbocycles. The standard InChI is InChI=1S/C18H18N2O/c1-13-11-16-12-14(7-8-17(16)20-13)9-10-19-18(21)15-5-3-2-4-6-15/h2-8,11-12,20H,9-10H2,1H3,(H,19,21). The molecule has 3 aromatic rings. The molecule has 0 aliphatic rings. The quantitative estimate of drug-likeness (QED) is 0.754. The van der Waals surface area contributed by atoms with Crippen molar-refractivity contribution in [3.8, 4) is 0 Å². The average molecular weight is 278 g/mol. The maximum atomic E-state index is 11.9. The van der Waals surface area contributed by atoms with Gasteiger partial charge in [0.05, 0.1) is 0 Å². The minimum absolute atomic E-state index is 0.0193. The summed E-state index contributed by atoms with van der Waals surface area (Å²) in [7, 11) is 0. The lowest BCUT2D eigenvalue weighted by molar-refractivity contribution is 0.0954. The van der Waals surface area contributed by atoms with Crippen molar-refractivity contribution < 1.29 is 4.79 Å². The lowest BCUT2D eigenvalue weighted by atomic mass is 10.1. The van der Waals surface area contributed by atoms with Gasteiger partial charge in [-0.05, 0) is 54.6 Å². The Morgan fingerprint density at radius 1 is 1.10 bits per heavy atom. The van der Waals surface area contributed by atoms with Crippen LogP contribution in [0.3, 0.4) is 0 Å². The minimum atomic E-state index is -0.0193. The summed E-state index contributed by atoms with van der Waals surface area (Å²) in [5, 5.41) is 4.18. The summed E-state index contributed by atoms with van der Waals surface area (Å²) in [6.07, 6.45) is 0.832. The molecule has 1 heterocycles. The zero-order valence-corrected chi connectivity index (χ0v) is 12.0. The van der Waals surface area contributed by atoms with Gasteiger partial charge in [0.25, 0.3) is 5.91 Å². The fraction of sp³-hybridized carbons (Fsp3) is 0.167. The number of amides is 1. The molecule has 0 fully saturated rings. The second-order valence-electron chi connectivity index (χ2n) is 5.25. The van der Waals surface area contributed by atoms with Crippen molar-refractivity contribution in [3.05, 3.63) is 71.4 Å². The number of hydrogen-bond acceptors (Lipinski definition) is 1. The number of aryl methyl sites for hydroxylation is 1. The van der Waals surface area contributed by atoms with E-state index in [-0.39, 0.29) is 5.91 Å². The van der Waals surface area contributed by atoms with E-state index in [0.29, 0.717) is 12.1 Å². The Kier molecular flexibility index (Phi) is 3.73. The summed E-state index contributed by atoms with van der Waals surface area (Å²) in [6.45, 7) is 2.70. The zero-order valence-electron chi connectivity index (χ0n) is 12.0. The van der Waals surface area contributed by atoms with Crippen molar-refractivity contribution in [1.82, 2.24) is 10.3 Å². The molecule has 2 aromatic carbocycles. The zero-order chi connectivity index (χ0) is 14.7. The maximum absolute atomic E-state index is 11.9. The number of nitrogens with one attached hydrogen (secondary N) is 2. The fourth-order valence-electron chi connectivity index (χ4n) is 2.49. The van der Waals surface area contributed by atoms with Crippen LogP contribution in [0.15, 0.2) is 54.6 Å².